The molecular weight excluding hydrogens is 413 g/mol. The van der Waals surface area contributed by atoms with Crippen LogP contribution in [-0.4, -0.2) is 16.3 Å². The predicted molar refractivity (Wildman–Crippen MR) is 115 cm³/mol. The van der Waals surface area contributed by atoms with E-state index < -0.39 is 18.5 Å². The maximum atomic E-state index is 13.6. The van der Waals surface area contributed by atoms with Crippen molar-refractivity contribution in [2.45, 2.75) is 18.5 Å². The Morgan fingerprint density at radius 2 is 1.79 bits per heavy atom. The summed E-state index contributed by atoms with van der Waals surface area (Å²) in [5.74, 6) is -0.828. The van der Waals surface area contributed by atoms with Gasteiger partial charge in [0.05, 0.1) is 23.0 Å². The Hall–Kier alpha value is -2.73. The van der Waals surface area contributed by atoms with E-state index in [1.807, 2.05) is 42.5 Å². The maximum absolute atomic E-state index is 13.6. The Labute approximate surface area is 174 Å². The molecule has 0 fully saturated rings. The number of para-hydroxylation sites is 2. The van der Waals surface area contributed by atoms with Crippen molar-refractivity contribution in [3.8, 4) is 11.3 Å². The minimum Gasteiger partial charge on any atom is -0.354 e. The largest absolute Gasteiger partial charge is 0.390 e. The molecule has 146 valence electrons. The minimum absolute atomic E-state index is 0.562. The standard InChI is InChI=1S/C22H15F3N2S2/c23-22(24,25)12-16(19-10-5-11-29-19)20-14-6-1-4-9-18(14)27-21(20)15-7-2-3-8-17(15)26-13-28/h1-11,16,27H,12H2. The van der Waals surface area contributed by atoms with Crippen molar-refractivity contribution in [1.82, 2.24) is 4.98 Å². The molecule has 0 saturated heterocycles. The van der Waals surface area contributed by atoms with Crippen molar-refractivity contribution in [2.75, 3.05) is 0 Å². The second-order valence-corrected chi connectivity index (χ2v) is 7.73. The number of nitrogens with one attached hydrogen (secondary N) is 1. The molecule has 0 radical (unpaired) electrons. The van der Waals surface area contributed by atoms with Crippen LogP contribution in [0.25, 0.3) is 22.2 Å². The van der Waals surface area contributed by atoms with Gasteiger partial charge in [-0.15, -0.1) is 11.3 Å². The topological polar surface area (TPSA) is 28.1 Å². The summed E-state index contributed by atoms with van der Waals surface area (Å²) in [5, 5.41) is 4.93. The SMILES string of the molecule is FC(F)(F)CC(c1cccs1)c1c(-c2ccccc2N=C=S)[nH]c2ccccc12. The Morgan fingerprint density at radius 3 is 2.52 bits per heavy atom. The lowest BCUT2D eigenvalue weighted by Gasteiger charge is -2.20. The van der Waals surface area contributed by atoms with Crippen LogP contribution in [0.2, 0.25) is 0 Å². The number of thiocarbonyl (C=S) groups is 1. The molecule has 0 aliphatic heterocycles. The molecule has 0 spiro atoms. The van der Waals surface area contributed by atoms with E-state index in [9.17, 15) is 13.2 Å². The number of isothiocyanates is 1. The Bertz CT molecular complexity index is 1190. The zero-order valence-corrected chi connectivity index (χ0v) is 16.7. The summed E-state index contributed by atoms with van der Waals surface area (Å²) in [5.41, 5.74) is 3.28. The highest BCUT2D eigenvalue weighted by Crippen LogP contribution is 2.46. The van der Waals surface area contributed by atoms with Crippen LogP contribution < -0.4 is 0 Å². The van der Waals surface area contributed by atoms with Gasteiger partial charge in [-0.1, -0.05) is 42.5 Å². The van der Waals surface area contributed by atoms with Gasteiger partial charge in [-0.25, -0.2) is 0 Å². The molecule has 1 atom stereocenters. The zero-order valence-electron chi connectivity index (χ0n) is 15.0. The summed E-state index contributed by atoms with van der Waals surface area (Å²) in [6.45, 7) is 0. The van der Waals surface area contributed by atoms with Gasteiger partial charge in [-0.2, -0.15) is 18.2 Å². The number of alkyl halides is 3. The van der Waals surface area contributed by atoms with Gasteiger partial charge in [0.1, 0.15) is 0 Å². The molecule has 2 nitrogen and oxygen atoms in total. The van der Waals surface area contributed by atoms with Crippen LogP contribution in [0.5, 0.6) is 0 Å². The average molecular weight is 429 g/mol. The summed E-state index contributed by atoms with van der Waals surface area (Å²) >= 11 is 6.09. The summed E-state index contributed by atoms with van der Waals surface area (Å²) in [6, 6.07) is 18.2. The van der Waals surface area contributed by atoms with Crippen LogP contribution in [0.15, 0.2) is 71.0 Å². The third-order valence-corrected chi connectivity index (χ3v) is 5.83. The molecule has 4 rings (SSSR count). The van der Waals surface area contributed by atoms with Gasteiger partial charge >= 0.3 is 6.18 Å². The van der Waals surface area contributed by atoms with Gasteiger partial charge in [0.2, 0.25) is 0 Å². The number of nitrogens with zero attached hydrogens (tertiary/aromatic N) is 1. The molecule has 2 aromatic heterocycles. The first-order chi connectivity index (χ1) is 14.0. The highest BCUT2D eigenvalue weighted by atomic mass is 32.1. The number of H-pyrrole nitrogens is 1. The molecular formula is C22H15F3N2S2. The number of hydrogen-bond donors (Lipinski definition) is 1. The van der Waals surface area contributed by atoms with E-state index >= 15 is 0 Å². The monoisotopic (exact) mass is 428 g/mol. The number of fused-ring (bicyclic) bond motifs is 1. The third kappa shape index (κ3) is 4.03. The van der Waals surface area contributed by atoms with E-state index in [2.05, 4.69) is 15.1 Å². The number of thiophene rings is 1. The van der Waals surface area contributed by atoms with Gasteiger partial charge in [0, 0.05) is 27.3 Å². The first-order valence-corrected chi connectivity index (χ1v) is 10.1. The molecule has 0 bridgehead atoms. The van der Waals surface area contributed by atoms with E-state index in [1.54, 1.807) is 23.6 Å². The number of aliphatic imine (C=N–C) groups is 1. The fourth-order valence-corrected chi connectivity index (χ4v) is 4.57. The van der Waals surface area contributed by atoms with Crippen LogP contribution in [0.3, 0.4) is 0 Å². The summed E-state index contributed by atoms with van der Waals surface area (Å²) < 4.78 is 40.7. The van der Waals surface area contributed by atoms with Crippen LogP contribution in [0, 0.1) is 0 Å². The van der Waals surface area contributed by atoms with Gasteiger partial charge in [0.15, 0.2) is 0 Å². The van der Waals surface area contributed by atoms with Gasteiger partial charge < -0.3 is 4.98 Å². The van der Waals surface area contributed by atoms with Gasteiger partial charge in [0.25, 0.3) is 0 Å². The van der Waals surface area contributed by atoms with Crippen molar-refractivity contribution in [3.63, 3.8) is 0 Å². The maximum Gasteiger partial charge on any atom is 0.390 e. The minimum atomic E-state index is -4.31. The molecule has 0 aliphatic carbocycles. The van der Waals surface area contributed by atoms with E-state index in [0.29, 0.717) is 27.4 Å². The van der Waals surface area contributed by atoms with Crippen molar-refractivity contribution in [3.05, 3.63) is 76.5 Å². The van der Waals surface area contributed by atoms with E-state index in [1.165, 1.54) is 11.3 Å². The van der Waals surface area contributed by atoms with Crippen LogP contribution >= 0.6 is 23.6 Å². The first kappa shape index (κ1) is 19.6. The quantitative estimate of drug-likeness (QED) is 0.256. The summed E-state index contributed by atoms with van der Waals surface area (Å²) in [4.78, 5) is 8.11. The van der Waals surface area contributed by atoms with E-state index in [4.69, 9.17) is 12.2 Å². The van der Waals surface area contributed by atoms with Crippen molar-refractivity contribution in [2.24, 2.45) is 4.99 Å². The number of hydrogen-bond acceptors (Lipinski definition) is 3. The Morgan fingerprint density at radius 1 is 1.03 bits per heavy atom. The zero-order chi connectivity index (χ0) is 20.4. The second kappa shape index (κ2) is 7.95. The summed E-state index contributed by atoms with van der Waals surface area (Å²) in [7, 11) is 0. The lowest BCUT2D eigenvalue weighted by molar-refractivity contribution is -0.136. The van der Waals surface area contributed by atoms with E-state index in [0.717, 1.165) is 10.9 Å². The fraction of sp³-hybridized carbons (Fsp3) is 0.136. The Balaban J connectivity index is 2.03. The van der Waals surface area contributed by atoms with Crippen molar-refractivity contribution >= 4 is 45.3 Å². The lowest BCUT2D eigenvalue weighted by Crippen LogP contribution is -2.14. The summed E-state index contributed by atoms with van der Waals surface area (Å²) in [6.07, 6.45) is -5.25. The lowest BCUT2D eigenvalue weighted by atomic mass is 9.89. The van der Waals surface area contributed by atoms with Crippen LogP contribution in [-0.2, 0) is 0 Å². The molecule has 7 heteroatoms. The number of aromatic nitrogens is 1. The molecule has 0 aliphatic rings. The molecule has 29 heavy (non-hydrogen) atoms. The smallest absolute Gasteiger partial charge is 0.354 e. The van der Waals surface area contributed by atoms with E-state index in [-0.39, 0.29) is 0 Å². The normalized spacial score (nSPS) is 12.7. The van der Waals surface area contributed by atoms with Crippen molar-refractivity contribution < 1.29 is 13.2 Å². The number of benzene rings is 2. The number of aromatic amines is 1. The van der Waals surface area contributed by atoms with Crippen LogP contribution in [0.4, 0.5) is 18.9 Å². The third-order valence-electron chi connectivity index (χ3n) is 4.76. The fourth-order valence-electron chi connectivity index (χ4n) is 3.64. The van der Waals surface area contributed by atoms with Crippen molar-refractivity contribution in [1.29, 1.82) is 0 Å². The molecule has 2 heterocycles. The number of rotatable bonds is 5. The molecule has 1 N–H and O–H groups in total. The molecule has 0 saturated carbocycles. The van der Waals surface area contributed by atoms with Crippen LogP contribution in [0.1, 0.15) is 22.8 Å². The van der Waals surface area contributed by atoms with Gasteiger partial charge in [-0.3, -0.25) is 0 Å². The average Bonchev–Trinajstić information content (AvgIpc) is 3.34. The molecule has 2 aromatic carbocycles. The first-order valence-electron chi connectivity index (χ1n) is 8.86. The molecule has 4 aromatic rings. The highest BCUT2D eigenvalue weighted by Gasteiger charge is 2.36. The highest BCUT2D eigenvalue weighted by molar-refractivity contribution is 7.78. The van der Waals surface area contributed by atoms with Gasteiger partial charge in [-0.05, 0) is 41.4 Å². The Kier molecular flexibility index (Phi) is 5.37. The molecule has 1 unspecified atom stereocenters. The second-order valence-electron chi connectivity index (χ2n) is 6.57. The number of halogens is 3. The molecule has 0 amide bonds. The predicted octanol–water partition coefficient (Wildman–Crippen LogP) is 7.72.